The van der Waals surface area contributed by atoms with E-state index in [0.717, 1.165) is 22.5 Å². The van der Waals surface area contributed by atoms with Crippen LogP contribution in [0.1, 0.15) is 23.6 Å². The van der Waals surface area contributed by atoms with Crippen molar-refractivity contribution in [2.24, 2.45) is 0 Å². The summed E-state index contributed by atoms with van der Waals surface area (Å²) in [6.45, 7) is 0.301. The Balaban J connectivity index is 2.06. The summed E-state index contributed by atoms with van der Waals surface area (Å²) in [6, 6.07) is 10.0. The largest absolute Gasteiger partial charge is 0.481 e. The molecule has 0 amide bonds. The number of benzene rings is 1. The maximum absolute atomic E-state index is 12.8. The van der Waals surface area contributed by atoms with Gasteiger partial charge in [-0.25, -0.2) is 8.42 Å². The average Bonchev–Trinajstić information content (AvgIpc) is 3.02. The normalized spacial score (nSPS) is 18.8. The van der Waals surface area contributed by atoms with Crippen molar-refractivity contribution in [2.75, 3.05) is 6.54 Å². The first-order chi connectivity index (χ1) is 10.5. The highest BCUT2D eigenvalue weighted by Crippen LogP contribution is 2.37. The van der Waals surface area contributed by atoms with E-state index in [-0.39, 0.29) is 10.6 Å². The lowest BCUT2D eigenvalue weighted by Gasteiger charge is -2.35. The van der Waals surface area contributed by atoms with Crippen molar-refractivity contribution in [1.29, 1.82) is 0 Å². The van der Waals surface area contributed by atoms with E-state index in [1.165, 1.54) is 4.31 Å². The van der Waals surface area contributed by atoms with Gasteiger partial charge in [0.25, 0.3) is 10.0 Å². The van der Waals surface area contributed by atoms with E-state index in [4.69, 9.17) is 0 Å². The number of carboxylic acid groups (broad SMARTS) is 1. The quantitative estimate of drug-likeness (QED) is 0.930. The third-order valence-electron chi connectivity index (χ3n) is 3.79. The molecule has 1 atom stereocenters. The SMILES string of the molecule is O=C(O)C[C@H]1c2ccccc2CCN1S(=O)(=O)c1cccs1. The maximum atomic E-state index is 12.8. The Hall–Kier alpha value is -1.70. The van der Waals surface area contributed by atoms with E-state index >= 15 is 0 Å². The van der Waals surface area contributed by atoms with Crippen molar-refractivity contribution < 1.29 is 18.3 Å². The molecule has 22 heavy (non-hydrogen) atoms. The van der Waals surface area contributed by atoms with Crippen LogP contribution in [0.15, 0.2) is 46.0 Å². The summed E-state index contributed by atoms with van der Waals surface area (Å²) < 4.78 is 27.2. The van der Waals surface area contributed by atoms with Gasteiger partial charge in [-0.2, -0.15) is 4.31 Å². The molecule has 1 aromatic heterocycles. The first-order valence-electron chi connectivity index (χ1n) is 6.85. The number of carbonyl (C=O) groups is 1. The number of hydrogen-bond acceptors (Lipinski definition) is 4. The van der Waals surface area contributed by atoms with Gasteiger partial charge in [0.1, 0.15) is 4.21 Å². The zero-order chi connectivity index (χ0) is 15.7. The molecule has 7 heteroatoms. The van der Waals surface area contributed by atoms with Crippen molar-refractivity contribution in [1.82, 2.24) is 4.31 Å². The Morgan fingerprint density at radius 3 is 2.73 bits per heavy atom. The van der Waals surface area contributed by atoms with Gasteiger partial charge in [0.05, 0.1) is 12.5 Å². The van der Waals surface area contributed by atoms with Gasteiger partial charge in [-0.1, -0.05) is 30.3 Å². The molecule has 0 unspecified atom stereocenters. The van der Waals surface area contributed by atoms with Crippen LogP contribution in [-0.4, -0.2) is 30.3 Å². The number of rotatable bonds is 4. The van der Waals surface area contributed by atoms with Crippen LogP contribution >= 0.6 is 11.3 Å². The van der Waals surface area contributed by atoms with Gasteiger partial charge < -0.3 is 5.11 Å². The van der Waals surface area contributed by atoms with Crippen molar-refractivity contribution in [3.63, 3.8) is 0 Å². The predicted molar refractivity (Wildman–Crippen MR) is 83.4 cm³/mol. The summed E-state index contributed by atoms with van der Waals surface area (Å²) in [4.78, 5) is 11.2. The molecular weight excluding hydrogens is 322 g/mol. The topological polar surface area (TPSA) is 74.7 Å². The maximum Gasteiger partial charge on any atom is 0.305 e. The van der Waals surface area contributed by atoms with Gasteiger partial charge in [-0.05, 0) is 29.0 Å². The van der Waals surface area contributed by atoms with E-state index in [9.17, 15) is 18.3 Å². The fourth-order valence-electron chi connectivity index (χ4n) is 2.82. The first kappa shape index (κ1) is 15.2. The Labute approximate surface area is 132 Å². The molecule has 116 valence electrons. The van der Waals surface area contributed by atoms with Crippen LogP contribution in [0, 0.1) is 0 Å². The molecule has 1 N–H and O–H groups in total. The Bertz CT molecular complexity index is 784. The molecule has 0 aliphatic carbocycles. The molecule has 0 spiro atoms. The number of sulfonamides is 1. The van der Waals surface area contributed by atoms with Crippen LogP contribution in [0.5, 0.6) is 0 Å². The summed E-state index contributed by atoms with van der Waals surface area (Å²) in [5, 5.41) is 10.9. The van der Waals surface area contributed by atoms with Crippen molar-refractivity contribution in [3.05, 3.63) is 52.9 Å². The molecule has 0 saturated heterocycles. The minimum absolute atomic E-state index is 0.235. The zero-order valence-electron chi connectivity index (χ0n) is 11.7. The minimum Gasteiger partial charge on any atom is -0.481 e. The lowest BCUT2D eigenvalue weighted by molar-refractivity contribution is -0.138. The Kier molecular flexibility index (Phi) is 4.03. The second kappa shape index (κ2) is 5.83. The molecule has 1 aromatic carbocycles. The van der Waals surface area contributed by atoms with Crippen LogP contribution < -0.4 is 0 Å². The van der Waals surface area contributed by atoms with Crippen LogP contribution in [0.4, 0.5) is 0 Å². The van der Waals surface area contributed by atoms with Gasteiger partial charge in [0.2, 0.25) is 0 Å². The molecular formula is C15H15NO4S2. The molecule has 2 heterocycles. The molecule has 0 fully saturated rings. The number of aliphatic carboxylic acids is 1. The third-order valence-corrected chi connectivity index (χ3v) is 7.07. The summed E-state index contributed by atoms with van der Waals surface area (Å²) in [5.74, 6) is -1.01. The summed E-state index contributed by atoms with van der Waals surface area (Å²) in [6.07, 6.45) is 0.360. The highest BCUT2D eigenvalue weighted by Gasteiger charge is 2.37. The smallest absolute Gasteiger partial charge is 0.305 e. The lowest BCUT2D eigenvalue weighted by Crippen LogP contribution is -2.40. The van der Waals surface area contributed by atoms with Crippen molar-refractivity contribution in [2.45, 2.75) is 23.1 Å². The average molecular weight is 337 g/mol. The molecule has 1 aliphatic rings. The molecule has 2 aromatic rings. The van der Waals surface area contributed by atoms with Gasteiger partial charge >= 0.3 is 5.97 Å². The number of carboxylic acids is 1. The first-order valence-corrected chi connectivity index (χ1v) is 9.17. The van der Waals surface area contributed by atoms with E-state index < -0.39 is 22.0 Å². The van der Waals surface area contributed by atoms with Crippen LogP contribution in [0.3, 0.4) is 0 Å². The predicted octanol–water partition coefficient (Wildman–Crippen LogP) is 2.51. The zero-order valence-corrected chi connectivity index (χ0v) is 13.3. The van der Waals surface area contributed by atoms with Gasteiger partial charge in [0.15, 0.2) is 0 Å². The molecule has 0 saturated carbocycles. The van der Waals surface area contributed by atoms with E-state index in [0.29, 0.717) is 13.0 Å². The highest BCUT2D eigenvalue weighted by atomic mass is 32.2. The Morgan fingerprint density at radius 2 is 2.05 bits per heavy atom. The van der Waals surface area contributed by atoms with Crippen LogP contribution in [0.25, 0.3) is 0 Å². The molecule has 0 radical (unpaired) electrons. The van der Waals surface area contributed by atoms with Gasteiger partial charge in [0, 0.05) is 6.54 Å². The summed E-state index contributed by atoms with van der Waals surface area (Å²) >= 11 is 1.15. The van der Waals surface area contributed by atoms with E-state index in [1.807, 2.05) is 24.3 Å². The molecule has 3 rings (SSSR count). The summed E-state index contributed by atoms with van der Waals surface area (Å²) in [5.41, 5.74) is 1.81. The third kappa shape index (κ3) is 2.67. The van der Waals surface area contributed by atoms with Crippen molar-refractivity contribution in [3.8, 4) is 0 Å². The second-order valence-electron chi connectivity index (χ2n) is 5.11. The Morgan fingerprint density at radius 1 is 1.27 bits per heavy atom. The number of fused-ring (bicyclic) bond motifs is 1. The highest BCUT2D eigenvalue weighted by molar-refractivity contribution is 7.91. The standard InChI is InChI=1S/C15H15NO4S2/c17-14(18)10-13-12-5-2-1-4-11(12)7-8-16(13)22(19,20)15-6-3-9-21-15/h1-6,9,13H,7-8,10H2,(H,17,18)/t13-/m0/s1. The van der Waals surface area contributed by atoms with E-state index in [2.05, 4.69) is 0 Å². The molecule has 0 bridgehead atoms. The van der Waals surface area contributed by atoms with Gasteiger partial charge in [-0.15, -0.1) is 11.3 Å². The fourth-order valence-corrected chi connectivity index (χ4v) is 5.54. The van der Waals surface area contributed by atoms with Crippen LogP contribution in [-0.2, 0) is 21.2 Å². The van der Waals surface area contributed by atoms with Gasteiger partial charge in [-0.3, -0.25) is 4.79 Å². The molecule has 1 aliphatic heterocycles. The second-order valence-corrected chi connectivity index (χ2v) is 8.18. The number of nitrogens with zero attached hydrogens (tertiary/aromatic N) is 1. The monoisotopic (exact) mass is 337 g/mol. The fraction of sp³-hybridized carbons (Fsp3) is 0.267. The summed E-state index contributed by atoms with van der Waals surface area (Å²) in [7, 11) is -3.67. The number of hydrogen-bond donors (Lipinski definition) is 1. The number of thiophene rings is 1. The lowest BCUT2D eigenvalue weighted by atomic mass is 9.92. The minimum atomic E-state index is -3.67. The van der Waals surface area contributed by atoms with Crippen LogP contribution in [0.2, 0.25) is 0 Å². The van der Waals surface area contributed by atoms with E-state index in [1.54, 1.807) is 17.5 Å². The van der Waals surface area contributed by atoms with Crippen molar-refractivity contribution >= 4 is 27.3 Å². The molecule has 5 nitrogen and oxygen atoms in total.